The largest absolute Gasteiger partial charge is 0.364 e. The summed E-state index contributed by atoms with van der Waals surface area (Å²) in [5.74, 6) is -0.821. The van der Waals surface area contributed by atoms with Crippen LogP contribution in [0.3, 0.4) is 0 Å². The minimum Gasteiger partial charge on any atom is -0.364 e. The van der Waals surface area contributed by atoms with Gasteiger partial charge in [-0.2, -0.15) is 0 Å². The van der Waals surface area contributed by atoms with Gasteiger partial charge in [-0.15, -0.1) is 0 Å². The van der Waals surface area contributed by atoms with Gasteiger partial charge in [0, 0.05) is 29.0 Å². The number of aromatic amines is 1. The Bertz CT molecular complexity index is 1210. The van der Waals surface area contributed by atoms with Crippen LogP contribution < -0.4 is 5.73 Å². The van der Waals surface area contributed by atoms with E-state index >= 15 is 0 Å². The van der Waals surface area contributed by atoms with Crippen LogP contribution in [0.5, 0.6) is 0 Å². The average molecular weight is 365 g/mol. The lowest BCUT2D eigenvalue weighted by Crippen LogP contribution is -2.16. The van der Waals surface area contributed by atoms with E-state index in [1.54, 1.807) is 30.3 Å². The van der Waals surface area contributed by atoms with Gasteiger partial charge in [0.05, 0.1) is 4.90 Å². The lowest BCUT2D eigenvalue weighted by molar-refractivity contribution is 0.0993. The van der Waals surface area contributed by atoms with Crippen molar-refractivity contribution in [3.8, 4) is 5.69 Å². The number of nitrogens with zero attached hydrogens (tertiary/aromatic N) is 1. The first kappa shape index (κ1) is 16.2. The first-order valence-electron chi connectivity index (χ1n) is 7.87. The van der Waals surface area contributed by atoms with E-state index in [1.807, 2.05) is 35.2 Å². The van der Waals surface area contributed by atoms with Crippen molar-refractivity contribution >= 4 is 26.6 Å². The topological polar surface area (TPSA) is 97.9 Å². The molecular weight excluding hydrogens is 350 g/mol. The Kier molecular flexibility index (Phi) is 3.66. The third-order valence-electron chi connectivity index (χ3n) is 4.21. The highest BCUT2D eigenvalue weighted by Gasteiger charge is 2.28. The smallest absolute Gasteiger partial charge is 0.266 e. The van der Waals surface area contributed by atoms with E-state index in [2.05, 4.69) is 4.98 Å². The standard InChI is InChI=1S/C19H15N3O3S/c20-19(23)17-18(26(24,25)14-6-2-1-3-7-14)15-12-13(8-9-16(15)21-17)22-10-4-5-11-22/h1-12,21H,(H2,20,23). The molecule has 4 aromatic rings. The average Bonchev–Trinajstić information content (AvgIpc) is 3.29. The van der Waals surface area contributed by atoms with Gasteiger partial charge in [-0.1, -0.05) is 18.2 Å². The lowest BCUT2D eigenvalue weighted by Gasteiger charge is -2.07. The highest BCUT2D eigenvalue weighted by molar-refractivity contribution is 7.91. The molecule has 0 aliphatic carbocycles. The summed E-state index contributed by atoms with van der Waals surface area (Å²) in [4.78, 5) is 14.8. The van der Waals surface area contributed by atoms with Crippen LogP contribution in [-0.2, 0) is 9.84 Å². The zero-order chi connectivity index (χ0) is 18.3. The van der Waals surface area contributed by atoms with Gasteiger partial charge >= 0.3 is 0 Å². The van der Waals surface area contributed by atoms with Crippen LogP contribution in [0.2, 0.25) is 0 Å². The molecule has 3 N–H and O–H groups in total. The van der Waals surface area contributed by atoms with Crippen molar-refractivity contribution in [3.05, 3.63) is 78.8 Å². The van der Waals surface area contributed by atoms with Gasteiger partial charge in [0.25, 0.3) is 5.91 Å². The van der Waals surface area contributed by atoms with E-state index < -0.39 is 15.7 Å². The number of nitrogens with two attached hydrogens (primary N) is 1. The van der Waals surface area contributed by atoms with Crippen molar-refractivity contribution in [2.45, 2.75) is 9.79 Å². The van der Waals surface area contributed by atoms with Gasteiger partial charge in [-0.3, -0.25) is 4.79 Å². The summed E-state index contributed by atoms with van der Waals surface area (Å²) in [7, 11) is -3.92. The van der Waals surface area contributed by atoms with Crippen molar-refractivity contribution in [3.63, 3.8) is 0 Å². The van der Waals surface area contributed by atoms with Gasteiger partial charge in [-0.05, 0) is 42.5 Å². The molecule has 0 spiro atoms. The van der Waals surface area contributed by atoms with E-state index in [1.165, 1.54) is 12.1 Å². The van der Waals surface area contributed by atoms with Crippen LogP contribution >= 0.6 is 0 Å². The number of H-pyrrole nitrogens is 1. The van der Waals surface area contributed by atoms with Crippen LogP contribution in [0.4, 0.5) is 0 Å². The predicted octanol–water partition coefficient (Wildman–Crippen LogP) is 2.89. The van der Waals surface area contributed by atoms with E-state index in [-0.39, 0.29) is 15.5 Å². The first-order valence-corrected chi connectivity index (χ1v) is 9.36. The van der Waals surface area contributed by atoms with Crippen molar-refractivity contribution < 1.29 is 13.2 Å². The van der Waals surface area contributed by atoms with Gasteiger partial charge < -0.3 is 15.3 Å². The van der Waals surface area contributed by atoms with Crippen molar-refractivity contribution in [2.24, 2.45) is 5.73 Å². The Labute approximate surface area is 149 Å². The zero-order valence-electron chi connectivity index (χ0n) is 13.6. The van der Waals surface area contributed by atoms with Crippen LogP contribution in [0.15, 0.2) is 82.8 Å². The number of benzene rings is 2. The fourth-order valence-electron chi connectivity index (χ4n) is 2.99. The number of amides is 1. The predicted molar refractivity (Wildman–Crippen MR) is 98.0 cm³/mol. The van der Waals surface area contributed by atoms with E-state index in [4.69, 9.17) is 5.73 Å². The Morgan fingerprint density at radius 3 is 2.31 bits per heavy atom. The van der Waals surface area contributed by atoms with Crippen molar-refractivity contribution in [2.75, 3.05) is 0 Å². The third kappa shape index (κ3) is 2.49. The fraction of sp³-hybridized carbons (Fsp3) is 0. The SMILES string of the molecule is NC(=O)c1[nH]c2ccc(-n3cccc3)cc2c1S(=O)(=O)c1ccccc1. The summed E-state index contributed by atoms with van der Waals surface area (Å²) >= 11 is 0. The second-order valence-electron chi connectivity index (χ2n) is 5.83. The maximum Gasteiger partial charge on any atom is 0.266 e. The minimum atomic E-state index is -3.92. The number of aromatic nitrogens is 2. The molecule has 0 fully saturated rings. The Balaban J connectivity index is 2.04. The maximum atomic E-state index is 13.2. The Morgan fingerprint density at radius 2 is 1.65 bits per heavy atom. The van der Waals surface area contributed by atoms with Crippen LogP contribution in [-0.4, -0.2) is 23.9 Å². The molecule has 1 amide bonds. The Morgan fingerprint density at radius 1 is 0.962 bits per heavy atom. The zero-order valence-corrected chi connectivity index (χ0v) is 14.4. The third-order valence-corrected chi connectivity index (χ3v) is 6.06. The van der Waals surface area contributed by atoms with Gasteiger partial charge in [0.1, 0.15) is 10.6 Å². The number of hydrogen-bond donors (Lipinski definition) is 2. The minimum absolute atomic E-state index is 0.0970. The van der Waals surface area contributed by atoms with Gasteiger partial charge in [0.2, 0.25) is 9.84 Å². The summed E-state index contributed by atoms with van der Waals surface area (Å²) in [5.41, 5.74) is 6.64. The van der Waals surface area contributed by atoms with E-state index in [9.17, 15) is 13.2 Å². The molecule has 26 heavy (non-hydrogen) atoms. The molecule has 130 valence electrons. The molecule has 6 nitrogen and oxygen atoms in total. The summed E-state index contributed by atoms with van der Waals surface area (Å²) < 4.78 is 28.3. The molecule has 0 saturated carbocycles. The highest BCUT2D eigenvalue weighted by Crippen LogP contribution is 2.33. The number of hydrogen-bond acceptors (Lipinski definition) is 3. The molecular formula is C19H15N3O3S. The van der Waals surface area contributed by atoms with Crippen molar-refractivity contribution in [1.29, 1.82) is 0 Å². The molecule has 2 aromatic heterocycles. The maximum absolute atomic E-state index is 13.2. The van der Waals surface area contributed by atoms with E-state index in [0.717, 1.165) is 5.69 Å². The number of primary amides is 1. The Hall–Kier alpha value is -3.32. The van der Waals surface area contributed by atoms with Gasteiger partial charge in [0.15, 0.2) is 0 Å². The number of nitrogens with one attached hydrogen (secondary N) is 1. The number of rotatable bonds is 4. The summed E-state index contributed by atoms with van der Waals surface area (Å²) in [6.07, 6.45) is 3.71. The lowest BCUT2D eigenvalue weighted by atomic mass is 10.2. The molecule has 0 bridgehead atoms. The van der Waals surface area contributed by atoms with E-state index in [0.29, 0.717) is 10.9 Å². The van der Waals surface area contributed by atoms with Crippen molar-refractivity contribution in [1.82, 2.24) is 9.55 Å². The van der Waals surface area contributed by atoms with Crippen LogP contribution in [0.1, 0.15) is 10.5 Å². The number of fused-ring (bicyclic) bond motifs is 1. The molecule has 0 unspecified atom stereocenters. The monoisotopic (exact) mass is 365 g/mol. The number of carbonyl (C=O) groups is 1. The molecule has 2 aromatic carbocycles. The van der Waals surface area contributed by atoms with Crippen LogP contribution in [0.25, 0.3) is 16.6 Å². The molecule has 7 heteroatoms. The molecule has 0 atom stereocenters. The summed E-state index contributed by atoms with van der Waals surface area (Å²) in [6.45, 7) is 0. The molecule has 2 heterocycles. The highest BCUT2D eigenvalue weighted by atomic mass is 32.2. The summed E-state index contributed by atoms with van der Waals surface area (Å²) in [5, 5.41) is 0.425. The molecule has 4 rings (SSSR count). The second-order valence-corrected chi connectivity index (χ2v) is 7.72. The normalized spacial score (nSPS) is 11.7. The van der Waals surface area contributed by atoms with Crippen LogP contribution in [0, 0.1) is 0 Å². The fourth-order valence-corrected chi connectivity index (χ4v) is 4.62. The number of sulfone groups is 1. The molecule has 0 aliphatic rings. The summed E-state index contributed by atoms with van der Waals surface area (Å²) in [6, 6.07) is 17.0. The molecule has 0 saturated heterocycles. The molecule has 0 radical (unpaired) electrons. The number of carbonyl (C=O) groups excluding carboxylic acids is 1. The van der Waals surface area contributed by atoms with Gasteiger partial charge in [-0.25, -0.2) is 8.42 Å². The molecule has 0 aliphatic heterocycles. The second kappa shape index (κ2) is 5.89. The quantitative estimate of drug-likeness (QED) is 0.582. The first-order chi connectivity index (χ1) is 12.5.